The van der Waals surface area contributed by atoms with Gasteiger partial charge in [-0.15, -0.1) is 11.3 Å². The van der Waals surface area contributed by atoms with Crippen LogP contribution in [-0.4, -0.2) is 33.5 Å². The summed E-state index contributed by atoms with van der Waals surface area (Å²) in [6, 6.07) is 8.20. The fraction of sp³-hybridized carbons (Fsp3) is 0.412. The van der Waals surface area contributed by atoms with Crippen LogP contribution in [0, 0.1) is 5.92 Å². The summed E-state index contributed by atoms with van der Waals surface area (Å²) in [4.78, 5) is 19.3. The van der Waals surface area contributed by atoms with Crippen LogP contribution in [0.25, 0.3) is 10.6 Å². The first-order chi connectivity index (χ1) is 11.0. The van der Waals surface area contributed by atoms with Gasteiger partial charge in [-0.1, -0.05) is 28.1 Å². The molecular formula is C17H19BrN2O2S. The Kier molecular flexibility index (Phi) is 5.14. The molecule has 1 aromatic carbocycles. The Bertz CT molecular complexity index is 686. The molecule has 6 heteroatoms. The number of hydrogen-bond donors (Lipinski definition) is 1. The first kappa shape index (κ1) is 16.6. The summed E-state index contributed by atoms with van der Waals surface area (Å²) in [5.74, 6) is -0.940. The highest BCUT2D eigenvalue weighted by atomic mass is 79.9. The third-order valence-corrected chi connectivity index (χ3v) is 6.00. The van der Waals surface area contributed by atoms with E-state index in [0.29, 0.717) is 0 Å². The second-order valence-electron chi connectivity index (χ2n) is 5.94. The molecule has 0 unspecified atom stereocenters. The predicted octanol–water partition coefficient (Wildman–Crippen LogP) is 4.26. The van der Waals surface area contributed by atoms with Gasteiger partial charge in [-0.25, -0.2) is 4.98 Å². The Balaban J connectivity index is 1.71. The van der Waals surface area contributed by atoms with Crippen molar-refractivity contribution >= 4 is 33.2 Å². The number of piperidine rings is 1. The molecule has 1 aliphatic heterocycles. The molecule has 2 aromatic rings. The molecular weight excluding hydrogens is 376 g/mol. The lowest BCUT2D eigenvalue weighted by molar-refractivity contribution is -0.145. The van der Waals surface area contributed by atoms with E-state index in [-0.39, 0.29) is 12.0 Å². The van der Waals surface area contributed by atoms with Crippen LogP contribution in [0.3, 0.4) is 0 Å². The smallest absolute Gasteiger partial charge is 0.308 e. The van der Waals surface area contributed by atoms with E-state index in [9.17, 15) is 9.90 Å². The highest BCUT2D eigenvalue weighted by Gasteiger charge is 2.32. The Labute approximate surface area is 148 Å². The Morgan fingerprint density at radius 2 is 2.17 bits per heavy atom. The van der Waals surface area contributed by atoms with E-state index in [2.05, 4.69) is 37.9 Å². The van der Waals surface area contributed by atoms with Crippen molar-refractivity contribution in [1.82, 2.24) is 9.88 Å². The van der Waals surface area contributed by atoms with Gasteiger partial charge in [0.25, 0.3) is 0 Å². The van der Waals surface area contributed by atoms with Gasteiger partial charge in [0.1, 0.15) is 5.01 Å². The summed E-state index contributed by atoms with van der Waals surface area (Å²) in [5.41, 5.74) is 1.11. The summed E-state index contributed by atoms with van der Waals surface area (Å²) < 4.78 is 1.06. The summed E-state index contributed by atoms with van der Waals surface area (Å²) in [6.07, 6.45) is 3.64. The maximum atomic E-state index is 11.3. The van der Waals surface area contributed by atoms with Gasteiger partial charge in [0, 0.05) is 33.7 Å². The number of halogens is 1. The predicted molar refractivity (Wildman–Crippen MR) is 95.5 cm³/mol. The molecule has 0 radical (unpaired) electrons. The highest BCUT2D eigenvalue weighted by Crippen LogP contribution is 2.30. The molecule has 0 bridgehead atoms. The fourth-order valence-electron chi connectivity index (χ4n) is 3.07. The number of aromatic nitrogens is 1. The molecule has 0 saturated carbocycles. The van der Waals surface area contributed by atoms with Crippen LogP contribution in [0.2, 0.25) is 0 Å². The van der Waals surface area contributed by atoms with Gasteiger partial charge in [0.15, 0.2) is 0 Å². The van der Waals surface area contributed by atoms with E-state index in [4.69, 9.17) is 0 Å². The summed E-state index contributed by atoms with van der Waals surface area (Å²) in [6.45, 7) is 3.75. The second kappa shape index (κ2) is 7.11. The molecule has 4 nitrogen and oxygen atoms in total. The van der Waals surface area contributed by atoms with E-state index in [0.717, 1.165) is 41.0 Å². The largest absolute Gasteiger partial charge is 0.481 e. The first-order valence-electron chi connectivity index (χ1n) is 7.72. The molecule has 1 saturated heterocycles. The number of carboxylic acid groups (broad SMARTS) is 1. The van der Waals surface area contributed by atoms with Crippen LogP contribution >= 0.6 is 27.3 Å². The molecule has 2 heterocycles. The zero-order valence-electron chi connectivity index (χ0n) is 12.9. The SMILES string of the molecule is C[C@@H]1[C@H](C(=O)O)CCCN1Cc1cnc(-c2ccc(Br)cc2)s1. The number of aliphatic carboxylic acids is 1. The minimum Gasteiger partial charge on any atom is -0.481 e. The Hall–Kier alpha value is -1.24. The number of nitrogens with zero attached hydrogens (tertiary/aromatic N) is 2. The van der Waals surface area contributed by atoms with Crippen LogP contribution in [0.1, 0.15) is 24.6 Å². The summed E-state index contributed by atoms with van der Waals surface area (Å²) in [5, 5.41) is 10.3. The van der Waals surface area contributed by atoms with Crippen molar-refractivity contribution in [2.24, 2.45) is 5.92 Å². The van der Waals surface area contributed by atoms with Crippen molar-refractivity contribution in [3.05, 3.63) is 39.8 Å². The van der Waals surface area contributed by atoms with Crippen molar-refractivity contribution in [2.45, 2.75) is 32.4 Å². The van der Waals surface area contributed by atoms with Crippen LogP contribution in [0.4, 0.5) is 0 Å². The lowest BCUT2D eigenvalue weighted by Crippen LogP contribution is -2.45. The standard InChI is InChI=1S/C17H19BrN2O2S/c1-11-15(17(21)22)3-2-8-20(11)10-14-9-19-16(23-14)12-4-6-13(18)7-5-12/h4-7,9,11,15H,2-3,8,10H2,1H3,(H,21,22)/t11-,15-/m1/s1. The van der Waals surface area contributed by atoms with Crippen LogP contribution < -0.4 is 0 Å². The zero-order chi connectivity index (χ0) is 16.4. The number of carbonyl (C=O) groups is 1. The quantitative estimate of drug-likeness (QED) is 0.841. The van der Waals surface area contributed by atoms with Gasteiger partial charge in [0.05, 0.1) is 5.92 Å². The molecule has 1 N–H and O–H groups in total. The number of benzene rings is 1. The monoisotopic (exact) mass is 394 g/mol. The maximum Gasteiger partial charge on any atom is 0.308 e. The van der Waals surface area contributed by atoms with Crippen molar-refractivity contribution in [1.29, 1.82) is 0 Å². The molecule has 1 aromatic heterocycles. The van der Waals surface area contributed by atoms with Crippen LogP contribution in [0.15, 0.2) is 34.9 Å². The van der Waals surface area contributed by atoms with E-state index in [1.165, 1.54) is 4.88 Å². The Morgan fingerprint density at radius 3 is 2.87 bits per heavy atom. The molecule has 1 aliphatic rings. The maximum absolute atomic E-state index is 11.3. The number of hydrogen-bond acceptors (Lipinski definition) is 4. The number of carboxylic acids is 1. The van der Waals surface area contributed by atoms with Crippen molar-refractivity contribution in [3.8, 4) is 10.6 Å². The Morgan fingerprint density at radius 1 is 1.43 bits per heavy atom. The second-order valence-corrected chi connectivity index (χ2v) is 7.97. The molecule has 3 rings (SSSR count). The molecule has 1 fully saturated rings. The number of thiazole rings is 1. The number of rotatable bonds is 4. The van der Waals surface area contributed by atoms with Gasteiger partial charge < -0.3 is 5.11 Å². The third-order valence-electron chi connectivity index (χ3n) is 4.44. The molecule has 122 valence electrons. The average molecular weight is 395 g/mol. The van der Waals surface area contributed by atoms with Gasteiger partial charge in [-0.2, -0.15) is 0 Å². The normalized spacial score (nSPS) is 22.2. The van der Waals surface area contributed by atoms with Crippen molar-refractivity contribution in [3.63, 3.8) is 0 Å². The topological polar surface area (TPSA) is 53.4 Å². The average Bonchev–Trinajstić information content (AvgIpc) is 2.98. The minimum atomic E-state index is -0.679. The van der Waals surface area contributed by atoms with Gasteiger partial charge in [-0.05, 0) is 38.4 Å². The molecule has 23 heavy (non-hydrogen) atoms. The summed E-state index contributed by atoms with van der Waals surface area (Å²) in [7, 11) is 0. The van der Waals surface area contributed by atoms with Gasteiger partial charge in [0.2, 0.25) is 0 Å². The van der Waals surface area contributed by atoms with Crippen LogP contribution in [-0.2, 0) is 11.3 Å². The lowest BCUT2D eigenvalue weighted by Gasteiger charge is -2.37. The highest BCUT2D eigenvalue weighted by molar-refractivity contribution is 9.10. The number of likely N-dealkylation sites (tertiary alicyclic amines) is 1. The molecule has 0 amide bonds. The van der Waals surface area contributed by atoms with E-state index >= 15 is 0 Å². The first-order valence-corrected chi connectivity index (χ1v) is 9.33. The van der Waals surface area contributed by atoms with E-state index in [1.54, 1.807) is 11.3 Å². The summed E-state index contributed by atoms with van der Waals surface area (Å²) >= 11 is 5.12. The lowest BCUT2D eigenvalue weighted by atomic mass is 9.90. The van der Waals surface area contributed by atoms with Gasteiger partial charge >= 0.3 is 5.97 Å². The molecule has 0 aliphatic carbocycles. The fourth-order valence-corrected chi connectivity index (χ4v) is 4.28. The van der Waals surface area contributed by atoms with Crippen molar-refractivity contribution < 1.29 is 9.90 Å². The van der Waals surface area contributed by atoms with Crippen LogP contribution in [0.5, 0.6) is 0 Å². The molecule has 0 spiro atoms. The zero-order valence-corrected chi connectivity index (χ0v) is 15.3. The van der Waals surface area contributed by atoms with Gasteiger partial charge in [-0.3, -0.25) is 9.69 Å². The van der Waals surface area contributed by atoms with E-state index in [1.807, 2.05) is 25.3 Å². The molecule has 2 atom stereocenters. The third kappa shape index (κ3) is 3.82. The van der Waals surface area contributed by atoms with E-state index < -0.39 is 5.97 Å². The minimum absolute atomic E-state index is 0.0690. The van der Waals surface area contributed by atoms with Crippen molar-refractivity contribution in [2.75, 3.05) is 6.54 Å².